The number of carbonyl (C=O) groups excluding carboxylic acids is 2. The molecule has 4 rings (SSSR count). The fourth-order valence-corrected chi connectivity index (χ4v) is 3.57. The Morgan fingerprint density at radius 2 is 2.07 bits per heavy atom. The van der Waals surface area contributed by atoms with E-state index < -0.39 is 0 Å². The van der Waals surface area contributed by atoms with Crippen molar-refractivity contribution in [3.63, 3.8) is 0 Å². The Bertz CT molecular complexity index is 995. The lowest BCUT2D eigenvalue weighted by Gasteiger charge is -2.18. The molecule has 2 amide bonds. The molecule has 1 fully saturated rings. The Kier molecular flexibility index (Phi) is 4.54. The predicted molar refractivity (Wildman–Crippen MR) is 103 cm³/mol. The quantitative estimate of drug-likeness (QED) is 0.731. The number of methoxy groups -OCH3 is 1. The highest BCUT2D eigenvalue weighted by molar-refractivity contribution is 6.03. The van der Waals surface area contributed by atoms with Gasteiger partial charge in [-0.2, -0.15) is 0 Å². The molecule has 27 heavy (non-hydrogen) atoms. The van der Waals surface area contributed by atoms with Crippen molar-refractivity contribution in [2.45, 2.75) is 13.0 Å². The minimum Gasteiger partial charge on any atom is -0.496 e. The summed E-state index contributed by atoms with van der Waals surface area (Å²) in [7, 11) is 1.61. The second-order valence-electron chi connectivity index (χ2n) is 6.72. The minimum absolute atomic E-state index is 0.0130. The first-order valence-corrected chi connectivity index (χ1v) is 8.92. The summed E-state index contributed by atoms with van der Waals surface area (Å²) in [5.41, 5.74) is 2.66. The topological polar surface area (TPSA) is 74.4 Å². The Hall–Kier alpha value is -3.28. The maximum Gasteiger partial charge on any atom is 0.229 e. The van der Waals surface area contributed by atoms with Gasteiger partial charge in [0.05, 0.1) is 18.7 Å². The van der Waals surface area contributed by atoms with E-state index in [0.717, 1.165) is 27.9 Å². The van der Waals surface area contributed by atoms with Gasteiger partial charge in [-0.05, 0) is 24.3 Å². The van der Waals surface area contributed by atoms with Crippen molar-refractivity contribution in [3.8, 4) is 5.75 Å². The molecule has 0 aliphatic carbocycles. The van der Waals surface area contributed by atoms with Gasteiger partial charge >= 0.3 is 0 Å². The van der Waals surface area contributed by atoms with Gasteiger partial charge in [0.25, 0.3) is 0 Å². The molecule has 6 nitrogen and oxygen atoms in total. The largest absolute Gasteiger partial charge is 0.496 e. The second kappa shape index (κ2) is 7.15. The molecule has 3 aromatic rings. The molecule has 138 valence electrons. The van der Waals surface area contributed by atoms with E-state index in [2.05, 4.69) is 10.3 Å². The third-order valence-electron chi connectivity index (χ3n) is 4.99. The van der Waals surface area contributed by atoms with Crippen LogP contribution < -0.4 is 10.1 Å². The zero-order valence-corrected chi connectivity index (χ0v) is 15.1. The molecule has 0 bridgehead atoms. The molecule has 1 atom stereocenters. The first-order chi connectivity index (χ1) is 13.2. The molecule has 1 unspecified atom stereocenters. The highest BCUT2D eigenvalue weighted by atomic mass is 16.5. The smallest absolute Gasteiger partial charge is 0.229 e. The zero-order chi connectivity index (χ0) is 18.8. The van der Waals surface area contributed by atoms with Crippen molar-refractivity contribution >= 4 is 28.4 Å². The second-order valence-corrected chi connectivity index (χ2v) is 6.72. The molecule has 2 N–H and O–H groups in total. The number of para-hydroxylation sites is 1. The zero-order valence-electron chi connectivity index (χ0n) is 15.1. The number of aromatic amines is 1. The van der Waals surface area contributed by atoms with E-state index in [1.807, 2.05) is 54.7 Å². The van der Waals surface area contributed by atoms with Crippen LogP contribution in [-0.4, -0.2) is 35.4 Å². The van der Waals surface area contributed by atoms with Gasteiger partial charge in [0.15, 0.2) is 0 Å². The summed E-state index contributed by atoms with van der Waals surface area (Å²) < 4.78 is 5.36. The van der Waals surface area contributed by atoms with Crippen LogP contribution in [0, 0.1) is 5.92 Å². The number of likely N-dealkylation sites (tertiary alicyclic amines) is 1. The lowest BCUT2D eigenvalue weighted by atomic mass is 10.1. The van der Waals surface area contributed by atoms with Crippen molar-refractivity contribution in [3.05, 3.63) is 60.3 Å². The number of aromatic nitrogens is 1. The minimum atomic E-state index is -0.360. The third-order valence-corrected chi connectivity index (χ3v) is 4.99. The van der Waals surface area contributed by atoms with E-state index in [9.17, 15) is 9.59 Å². The number of hydrogen-bond acceptors (Lipinski definition) is 3. The Morgan fingerprint density at radius 1 is 1.22 bits per heavy atom. The summed E-state index contributed by atoms with van der Waals surface area (Å²) >= 11 is 0. The highest BCUT2D eigenvalue weighted by Gasteiger charge is 2.34. The lowest BCUT2D eigenvalue weighted by molar-refractivity contribution is -0.128. The van der Waals surface area contributed by atoms with Gasteiger partial charge in [0.2, 0.25) is 11.8 Å². The number of ether oxygens (including phenoxy) is 1. The average molecular weight is 363 g/mol. The normalized spacial score (nSPS) is 16.7. The van der Waals surface area contributed by atoms with Crippen LogP contribution in [0.25, 0.3) is 10.9 Å². The fraction of sp³-hybridized carbons (Fsp3) is 0.238. The van der Waals surface area contributed by atoms with Crippen LogP contribution in [0.5, 0.6) is 5.75 Å². The van der Waals surface area contributed by atoms with Gasteiger partial charge in [0, 0.05) is 42.2 Å². The van der Waals surface area contributed by atoms with Crippen molar-refractivity contribution in [1.82, 2.24) is 9.88 Å². The molecule has 1 aliphatic heterocycles. The van der Waals surface area contributed by atoms with Crippen LogP contribution >= 0.6 is 0 Å². The monoisotopic (exact) mass is 363 g/mol. The molecule has 0 spiro atoms. The molecule has 1 saturated heterocycles. The highest BCUT2D eigenvalue weighted by Crippen LogP contribution is 2.27. The summed E-state index contributed by atoms with van der Waals surface area (Å²) in [5.74, 6) is 0.249. The van der Waals surface area contributed by atoms with Crippen LogP contribution in [0.15, 0.2) is 54.7 Å². The molecule has 1 aromatic heterocycles. The molecule has 1 aliphatic rings. The van der Waals surface area contributed by atoms with Crippen LogP contribution in [0.2, 0.25) is 0 Å². The van der Waals surface area contributed by atoms with E-state index in [0.29, 0.717) is 13.1 Å². The van der Waals surface area contributed by atoms with Crippen LogP contribution in [0.4, 0.5) is 5.69 Å². The van der Waals surface area contributed by atoms with Crippen molar-refractivity contribution in [1.29, 1.82) is 0 Å². The number of H-pyrrole nitrogens is 1. The number of anilines is 1. The summed E-state index contributed by atoms with van der Waals surface area (Å²) in [6.45, 7) is 0.853. The summed E-state index contributed by atoms with van der Waals surface area (Å²) in [6, 6.07) is 15.3. The molecule has 2 heterocycles. The van der Waals surface area contributed by atoms with E-state index in [4.69, 9.17) is 4.74 Å². The number of fused-ring (bicyclic) bond motifs is 1. The molecule has 6 heteroatoms. The number of hydrogen-bond donors (Lipinski definition) is 2. The Labute approximate surface area is 157 Å². The Balaban J connectivity index is 1.45. The molecule has 2 aromatic carbocycles. The van der Waals surface area contributed by atoms with E-state index in [-0.39, 0.29) is 24.2 Å². The van der Waals surface area contributed by atoms with E-state index >= 15 is 0 Å². The summed E-state index contributed by atoms with van der Waals surface area (Å²) in [6.07, 6.45) is 2.07. The van der Waals surface area contributed by atoms with E-state index in [1.165, 1.54) is 0 Å². The summed E-state index contributed by atoms with van der Waals surface area (Å²) in [5, 5.41) is 3.94. The first-order valence-electron chi connectivity index (χ1n) is 8.92. The van der Waals surface area contributed by atoms with Crippen LogP contribution in [-0.2, 0) is 16.1 Å². The predicted octanol–water partition coefficient (Wildman–Crippen LogP) is 3.16. The summed E-state index contributed by atoms with van der Waals surface area (Å²) in [4.78, 5) is 30.0. The van der Waals surface area contributed by atoms with Gasteiger partial charge in [-0.15, -0.1) is 0 Å². The number of benzene rings is 2. The maximum absolute atomic E-state index is 12.7. The lowest BCUT2D eigenvalue weighted by Crippen LogP contribution is -2.28. The molecule has 0 saturated carbocycles. The molecule has 0 radical (unpaired) electrons. The average Bonchev–Trinajstić information content (AvgIpc) is 3.30. The van der Waals surface area contributed by atoms with Gasteiger partial charge in [-0.1, -0.05) is 24.3 Å². The number of rotatable bonds is 5. The van der Waals surface area contributed by atoms with Gasteiger partial charge < -0.3 is 19.9 Å². The standard InChI is InChI=1S/C21H21N3O3/c1-27-19-8-3-2-5-14(19)12-24-13-15(11-20(24)25)21(26)23-18-7-4-6-17-16(18)9-10-22-17/h2-10,15,22H,11-13H2,1H3,(H,23,26). The number of carbonyl (C=O) groups is 2. The number of amides is 2. The SMILES string of the molecule is COc1ccccc1CN1CC(C(=O)Nc2cccc3[nH]ccc23)CC1=O. The van der Waals surface area contributed by atoms with Crippen molar-refractivity contribution in [2.24, 2.45) is 5.92 Å². The van der Waals surface area contributed by atoms with Crippen molar-refractivity contribution < 1.29 is 14.3 Å². The number of nitrogens with zero attached hydrogens (tertiary/aromatic N) is 1. The van der Waals surface area contributed by atoms with Gasteiger partial charge in [-0.25, -0.2) is 0 Å². The Morgan fingerprint density at radius 3 is 2.93 bits per heavy atom. The number of nitrogens with one attached hydrogen (secondary N) is 2. The molecular formula is C21H21N3O3. The third kappa shape index (κ3) is 3.38. The fourth-order valence-electron chi connectivity index (χ4n) is 3.57. The maximum atomic E-state index is 12.7. The van der Waals surface area contributed by atoms with Gasteiger partial charge in [-0.3, -0.25) is 9.59 Å². The van der Waals surface area contributed by atoms with Crippen LogP contribution in [0.3, 0.4) is 0 Å². The molecular weight excluding hydrogens is 342 g/mol. The van der Waals surface area contributed by atoms with Gasteiger partial charge in [0.1, 0.15) is 5.75 Å². The first kappa shape index (κ1) is 17.1. The van der Waals surface area contributed by atoms with Crippen LogP contribution in [0.1, 0.15) is 12.0 Å². The van der Waals surface area contributed by atoms with E-state index in [1.54, 1.807) is 12.0 Å². The van der Waals surface area contributed by atoms with Crippen molar-refractivity contribution in [2.75, 3.05) is 19.0 Å².